The van der Waals surface area contributed by atoms with Crippen LogP contribution in [0.3, 0.4) is 0 Å². The Bertz CT molecular complexity index is 944. The first-order valence-corrected chi connectivity index (χ1v) is 11.0. The van der Waals surface area contributed by atoms with E-state index in [0.29, 0.717) is 0 Å². The predicted molar refractivity (Wildman–Crippen MR) is 114 cm³/mol. The van der Waals surface area contributed by atoms with Gasteiger partial charge in [-0.05, 0) is 31.7 Å². The summed E-state index contributed by atoms with van der Waals surface area (Å²) in [5.41, 5.74) is 10.6. The fourth-order valence-electron chi connectivity index (χ4n) is 3.41. The Morgan fingerprint density at radius 2 is 2.07 bits per heavy atom. The fourth-order valence-corrected chi connectivity index (χ4v) is 5.80. The molecule has 30 heavy (non-hydrogen) atoms. The van der Waals surface area contributed by atoms with Gasteiger partial charge in [0, 0.05) is 24.0 Å². The zero-order valence-corrected chi connectivity index (χ0v) is 17.8. The highest BCUT2D eigenvalue weighted by molar-refractivity contribution is 7.92. The number of halogens is 1. The third-order valence-corrected chi connectivity index (χ3v) is 7.52. The number of ether oxygens (including phenoxy) is 1. The molecule has 3 atom stereocenters. The summed E-state index contributed by atoms with van der Waals surface area (Å²) < 4.78 is 31.8. The molecule has 6 N–H and O–H groups in total. The summed E-state index contributed by atoms with van der Waals surface area (Å²) in [5.74, 6) is -1.76. The van der Waals surface area contributed by atoms with Crippen LogP contribution in [-0.2, 0) is 19.4 Å². The van der Waals surface area contributed by atoms with E-state index in [2.05, 4.69) is 17.0 Å². The number of aliphatic hydroxyl groups excluding tert-OH is 1. The quantitative estimate of drug-likeness (QED) is 0.189. The van der Waals surface area contributed by atoms with E-state index in [1.807, 2.05) is 0 Å². The van der Waals surface area contributed by atoms with Gasteiger partial charge in [-0.3, -0.25) is 4.79 Å². The smallest absolute Gasteiger partial charge is 0.224 e. The van der Waals surface area contributed by atoms with Crippen molar-refractivity contribution in [1.82, 2.24) is 5.32 Å². The number of carbonyl (C=O) groups is 1. The number of hydrogen-bond acceptors (Lipinski definition) is 8. The second-order valence-corrected chi connectivity index (χ2v) is 9.35. The molecule has 0 heterocycles. The molecule has 0 radical (unpaired) electrons. The Morgan fingerprint density at radius 1 is 1.37 bits per heavy atom. The molecule has 1 amide bonds. The second kappa shape index (κ2) is 10.5. The van der Waals surface area contributed by atoms with Crippen LogP contribution in [0.15, 0.2) is 58.1 Å². The zero-order valence-electron chi connectivity index (χ0n) is 16.2. The van der Waals surface area contributed by atoms with E-state index >= 15 is 0 Å². The van der Waals surface area contributed by atoms with Crippen LogP contribution in [0.1, 0.15) is 12.8 Å². The number of allylic oxidation sites excluding steroid dienone is 2. The van der Waals surface area contributed by atoms with E-state index in [4.69, 9.17) is 32.9 Å². The van der Waals surface area contributed by atoms with Crippen LogP contribution in [0.5, 0.6) is 0 Å². The second-order valence-electron chi connectivity index (χ2n) is 6.75. The number of carbonyl (C=O) groups excluding carboxylic acids is 1. The maximum atomic E-state index is 13.1. The molecule has 0 aromatic heterocycles. The van der Waals surface area contributed by atoms with Gasteiger partial charge in [0.15, 0.2) is 15.7 Å². The van der Waals surface area contributed by atoms with Crippen molar-refractivity contribution in [2.45, 2.75) is 23.0 Å². The van der Waals surface area contributed by atoms with Crippen LogP contribution in [0.4, 0.5) is 0 Å². The molecule has 1 aromatic rings. The highest BCUT2D eigenvalue weighted by Gasteiger charge is 2.45. The minimum atomic E-state index is -3.76. The van der Waals surface area contributed by atoms with Gasteiger partial charge < -0.3 is 26.6 Å². The average molecular weight is 457 g/mol. The average Bonchev–Trinajstić information content (AvgIpc) is 3.13. The van der Waals surface area contributed by atoms with Crippen molar-refractivity contribution >= 4 is 34.1 Å². The molecule has 1 saturated carbocycles. The topological polar surface area (TPSA) is 157 Å². The van der Waals surface area contributed by atoms with E-state index in [-0.39, 0.29) is 47.8 Å². The highest BCUT2D eigenvalue weighted by atomic mass is 35.5. The fraction of sp³-hybridized carbons (Fsp3) is 0.368. The molecule has 1 fully saturated rings. The molecule has 9 nitrogen and oxygen atoms in total. The normalized spacial score (nSPS) is 22.5. The van der Waals surface area contributed by atoms with Gasteiger partial charge in [-0.25, -0.2) is 13.4 Å². The predicted octanol–water partition coefficient (Wildman–Crippen LogP) is 1.46. The van der Waals surface area contributed by atoms with E-state index in [0.717, 1.165) is 0 Å². The number of aliphatic hydroxyl groups is 1. The summed E-state index contributed by atoms with van der Waals surface area (Å²) >= 11 is 6.09. The number of nitrogens with two attached hydrogens (primary N) is 2. The third-order valence-electron chi connectivity index (χ3n) is 4.84. The molecular formula is C19H25ClN4O5S. The van der Waals surface area contributed by atoms with Gasteiger partial charge in [-0.15, -0.1) is 0 Å². The Hall–Kier alpha value is -2.56. The Labute approximate surface area is 180 Å². The Kier molecular flexibility index (Phi) is 8.27. The Morgan fingerprint density at radius 3 is 2.67 bits per heavy atom. The molecule has 11 heteroatoms. The maximum absolute atomic E-state index is 13.1. The molecular weight excluding hydrogens is 432 g/mol. The number of amides is 1. The largest absolute Gasteiger partial charge is 0.495 e. The first-order valence-electron chi connectivity index (χ1n) is 9.12. The van der Waals surface area contributed by atoms with E-state index in [1.54, 1.807) is 12.1 Å². The molecule has 0 aliphatic heterocycles. The number of nitrogens with one attached hydrogen (secondary N) is 1. The lowest BCUT2D eigenvalue weighted by Crippen LogP contribution is -2.37. The first-order chi connectivity index (χ1) is 14.2. The zero-order chi connectivity index (χ0) is 22.3. The minimum absolute atomic E-state index is 0.0151. The molecule has 0 bridgehead atoms. The molecule has 0 saturated heterocycles. The molecule has 0 spiro atoms. The van der Waals surface area contributed by atoms with Crippen LogP contribution >= 0.6 is 11.6 Å². The summed E-state index contributed by atoms with van der Waals surface area (Å²) in [6.07, 6.45) is 2.78. The van der Waals surface area contributed by atoms with Crippen molar-refractivity contribution in [2.24, 2.45) is 28.3 Å². The summed E-state index contributed by atoms with van der Waals surface area (Å²) in [6.45, 7) is 3.32. The van der Waals surface area contributed by atoms with Gasteiger partial charge >= 0.3 is 0 Å². The first kappa shape index (κ1) is 23.7. The number of hydrogen-bond donors (Lipinski definition) is 4. The van der Waals surface area contributed by atoms with Crippen molar-refractivity contribution in [3.8, 4) is 0 Å². The summed E-state index contributed by atoms with van der Waals surface area (Å²) in [4.78, 5) is 16.2. The van der Waals surface area contributed by atoms with Crippen LogP contribution < -0.4 is 16.8 Å². The number of rotatable bonds is 9. The molecule has 1 aliphatic rings. The Balaban J connectivity index is 2.25. The van der Waals surface area contributed by atoms with Gasteiger partial charge in [0.25, 0.3) is 0 Å². The van der Waals surface area contributed by atoms with Gasteiger partial charge in [-0.2, -0.15) is 0 Å². The lowest BCUT2D eigenvalue weighted by atomic mass is 9.96. The summed E-state index contributed by atoms with van der Waals surface area (Å²) in [6, 6.07) is 6.20. The van der Waals surface area contributed by atoms with Crippen molar-refractivity contribution in [3.63, 3.8) is 0 Å². The maximum Gasteiger partial charge on any atom is 0.224 e. The SMILES string of the molecule is C=N/C(=C\C=C(/N)O)OC[C@@H]1C[C@@H](S(=O)(=O)c2ccccc2Cl)C[C@H]1C(=O)NCN. The summed E-state index contributed by atoms with van der Waals surface area (Å²) in [7, 11) is -3.76. The number of aliphatic imine (C=N–C) groups is 1. The van der Waals surface area contributed by atoms with Crippen LogP contribution in [0.25, 0.3) is 0 Å². The minimum Gasteiger partial charge on any atom is -0.495 e. The van der Waals surface area contributed by atoms with Gasteiger partial charge in [0.2, 0.25) is 11.8 Å². The third kappa shape index (κ3) is 5.74. The standard InChI is InChI=1S/C19H25ClN4O5S/c1-23-18(7-6-17(22)25)29-10-12-8-13(9-14(12)19(26)24-11-21)30(27,28)16-5-3-2-4-15(16)20/h2-7,12-14,25H,1,8-11,21-22H2,(H,24,26)/b17-6+,18-7+/t12-,13+,14+/m0/s1. The number of nitrogens with zero attached hydrogens (tertiary/aromatic N) is 1. The van der Waals surface area contributed by atoms with Crippen LogP contribution in [-0.4, -0.2) is 44.7 Å². The molecule has 0 unspecified atom stereocenters. The van der Waals surface area contributed by atoms with E-state index < -0.39 is 32.8 Å². The van der Waals surface area contributed by atoms with Gasteiger partial charge in [-0.1, -0.05) is 23.7 Å². The van der Waals surface area contributed by atoms with E-state index in [1.165, 1.54) is 24.3 Å². The monoisotopic (exact) mass is 456 g/mol. The molecule has 1 aromatic carbocycles. The number of benzene rings is 1. The molecule has 164 valence electrons. The lowest BCUT2D eigenvalue weighted by Gasteiger charge is -2.18. The highest BCUT2D eigenvalue weighted by Crippen LogP contribution is 2.40. The van der Waals surface area contributed by atoms with Crippen LogP contribution in [0.2, 0.25) is 5.02 Å². The van der Waals surface area contributed by atoms with E-state index in [9.17, 15) is 13.2 Å². The van der Waals surface area contributed by atoms with Crippen LogP contribution in [0, 0.1) is 11.8 Å². The molecule has 1 aliphatic carbocycles. The van der Waals surface area contributed by atoms with Gasteiger partial charge in [0.1, 0.15) is 0 Å². The van der Waals surface area contributed by atoms with Crippen molar-refractivity contribution in [2.75, 3.05) is 13.3 Å². The van der Waals surface area contributed by atoms with Crippen molar-refractivity contribution < 1.29 is 23.1 Å². The van der Waals surface area contributed by atoms with Crippen molar-refractivity contribution in [3.05, 3.63) is 53.2 Å². The summed E-state index contributed by atoms with van der Waals surface area (Å²) in [5, 5.41) is 10.9. The number of sulfone groups is 1. The lowest BCUT2D eigenvalue weighted by molar-refractivity contribution is -0.126. The van der Waals surface area contributed by atoms with Gasteiger partial charge in [0.05, 0.1) is 28.4 Å². The van der Waals surface area contributed by atoms with Crippen molar-refractivity contribution in [1.29, 1.82) is 0 Å². The molecule has 2 rings (SSSR count).